The summed E-state index contributed by atoms with van der Waals surface area (Å²) < 4.78 is 39.8. The van der Waals surface area contributed by atoms with Crippen molar-refractivity contribution in [2.75, 3.05) is 20.7 Å². The van der Waals surface area contributed by atoms with E-state index in [2.05, 4.69) is 13.5 Å². The molecule has 11 heteroatoms. The number of hydrogen-bond donors (Lipinski definition) is 1. The number of hydrogen-bond acceptors (Lipinski definition) is 8. The molecule has 1 atom stereocenters. The molecule has 0 radical (unpaired) electrons. The highest BCUT2D eigenvalue weighted by molar-refractivity contribution is 7.89. The number of esters is 1. The minimum atomic E-state index is -4.00. The molecule has 0 fully saturated rings. The van der Waals surface area contributed by atoms with E-state index in [-0.39, 0.29) is 10.4 Å². The van der Waals surface area contributed by atoms with Crippen LogP contribution in [-0.4, -0.2) is 60.7 Å². The number of nitrogens with zero attached hydrogens (tertiary/aromatic N) is 3. The predicted molar refractivity (Wildman–Crippen MR) is 86.9 cm³/mol. The molecule has 1 aromatic heterocycles. The lowest BCUT2D eigenvalue weighted by Crippen LogP contribution is -2.40. The first kappa shape index (κ1) is 18.2. The van der Waals surface area contributed by atoms with Crippen LogP contribution in [0.25, 0.3) is 11.0 Å². The minimum absolute atomic E-state index is 0.0715. The standard InChI is InChI=1S/C13H16N4O5S2/c1-8(13(19)22-7-11(18)17(2)3)16-24(20,21)10-6-4-5-9-12(10)15-23-14-9/h4-6,8,16H,7H2,1-3H3/t8-/m1/s1. The van der Waals surface area contributed by atoms with Crippen LogP contribution in [0.15, 0.2) is 23.1 Å². The van der Waals surface area contributed by atoms with Crippen LogP contribution in [0.1, 0.15) is 6.92 Å². The van der Waals surface area contributed by atoms with Crippen molar-refractivity contribution >= 4 is 44.7 Å². The first-order chi connectivity index (χ1) is 11.2. The molecule has 0 aliphatic carbocycles. The Balaban J connectivity index is 2.10. The Bertz CT molecular complexity index is 862. The molecular formula is C13H16N4O5S2. The lowest BCUT2D eigenvalue weighted by molar-refractivity contribution is -0.152. The smallest absolute Gasteiger partial charge is 0.324 e. The summed E-state index contributed by atoms with van der Waals surface area (Å²) >= 11 is 0.896. The van der Waals surface area contributed by atoms with Gasteiger partial charge in [0.05, 0.1) is 11.7 Å². The van der Waals surface area contributed by atoms with Crippen LogP contribution in [0.4, 0.5) is 0 Å². The first-order valence-corrected chi connectivity index (χ1v) is 9.04. The van der Waals surface area contributed by atoms with E-state index in [1.54, 1.807) is 6.07 Å². The van der Waals surface area contributed by atoms with Crippen molar-refractivity contribution in [2.45, 2.75) is 17.9 Å². The summed E-state index contributed by atoms with van der Waals surface area (Å²) in [5.41, 5.74) is 0.688. The monoisotopic (exact) mass is 372 g/mol. The minimum Gasteiger partial charge on any atom is -0.454 e. The van der Waals surface area contributed by atoms with Crippen LogP contribution in [0.5, 0.6) is 0 Å². The van der Waals surface area contributed by atoms with Gasteiger partial charge in [0.1, 0.15) is 22.0 Å². The number of likely N-dealkylation sites (N-methyl/N-ethyl adjacent to an activating group) is 1. The fraction of sp³-hybridized carbons (Fsp3) is 0.385. The fourth-order valence-electron chi connectivity index (χ4n) is 1.73. The van der Waals surface area contributed by atoms with Gasteiger partial charge in [0.15, 0.2) is 6.61 Å². The lowest BCUT2D eigenvalue weighted by atomic mass is 10.3. The van der Waals surface area contributed by atoms with Crippen molar-refractivity contribution < 1.29 is 22.7 Å². The van der Waals surface area contributed by atoms with Crippen LogP contribution < -0.4 is 4.72 Å². The second kappa shape index (κ2) is 7.20. The van der Waals surface area contributed by atoms with Crippen molar-refractivity contribution in [1.29, 1.82) is 0 Å². The number of ether oxygens (including phenoxy) is 1. The molecule has 0 spiro atoms. The summed E-state index contributed by atoms with van der Waals surface area (Å²) in [5.74, 6) is -1.26. The van der Waals surface area contributed by atoms with Gasteiger partial charge in [-0.05, 0) is 19.1 Å². The third-order valence-corrected chi connectivity index (χ3v) is 5.18. The third kappa shape index (κ3) is 4.04. The number of amides is 1. The Kier molecular flexibility index (Phi) is 5.47. The summed E-state index contributed by atoms with van der Waals surface area (Å²) in [4.78, 5) is 24.4. The maximum atomic E-state index is 12.4. The van der Waals surface area contributed by atoms with E-state index < -0.39 is 34.5 Å². The second-order valence-electron chi connectivity index (χ2n) is 5.13. The van der Waals surface area contributed by atoms with Gasteiger partial charge >= 0.3 is 5.97 Å². The summed E-state index contributed by atoms with van der Waals surface area (Å²) in [6.07, 6.45) is 0. The zero-order valence-electron chi connectivity index (χ0n) is 13.2. The van der Waals surface area contributed by atoms with Crippen molar-refractivity contribution in [3.63, 3.8) is 0 Å². The topological polar surface area (TPSA) is 119 Å². The van der Waals surface area contributed by atoms with E-state index in [0.29, 0.717) is 5.52 Å². The van der Waals surface area contributed by atoms with Crippen molar-refractivity contribution in [2.24, 2.45) is 0 Å². The number of carbonyl (C=O) groups excluding carboxylic acids is 2. The van der Waals surface area contributed by atoms with Crippen LogP contribution >= 0.6 is 11.7 Å². The quantitative estimate of drug-likeness (QED) is 0.708. The Hall–Kier alpha value is -2.11. The molecule has 0 aliphatic rings. The first-order valence-electron chi connectivity index (χ1n) is 6.83. The van der Waals surface area contributed by atoms with Crippen molar-refractivity contribution in [3.8, 4) is 0 Å². The zero-order chi connectivity index (χ0) is 17.9. The molecule has 1 aromatic carbocycles. The summed E-state index contributed by atoms with van der Waals surface area (Å²) in [5, 5.41) is 0. The predicted octanol–water partition coefficient (Wildman–Crippen LogP) is -0.0105. The number of aromatic nitrogens is 2. The number of fused-ring (bicyclic) bond motifs is 1. The van der Waals surface area contributed by atoms with Crippen LogP contribution in [-0.2, 0) is 24.3 Å². The van der Waals surface area contributed by atoms with Gasteiger partial charge in [-0.3, -0.25) is 9.59 Å². The molecule has 9 nitrogen and oxygen atoms in total. The molecule has 130 valence electrons. The molecule has 0 saturated heterocycles. The fourth-order valence-corrected chi connectivity index (χ4v) is 3.69. The number of carbonyl (C=O) groups is 2. The van der Waals surface area contributed by atoms with E-state index in [4.69, 9.17) is 4.74 Å². The van der Waals surface area contributed by atoms with Crippen LogP contribution in [0.3, 0.4) is 0 Å². The third-order valence-electron chi connectivity index (χ3n) is 3.06. The molecule has 0 bridgehead atoms. The van der Waals surface area contributed by atoms with Crippen LogP contribution in [0.2, 0.25) is 0 Å². The second-order valence-corrected chi connectivity index (χ2v) is 7.34. The highest BCUT2D eigenvalue weighted by Gasteiger charge is 2.26. The van der Waals surface area contributed by atoms with E-state index >= 15 is 0 Å². The summed E-state index contributed by atoms with van der Waals surface area (Å²) in [7, 11) is -0.961. The summed E-state index contributed by atoms with van der Waals surface area (Å²) in [6.45, 7) is 0.878. The molecule has 1 heterocycles. The van der Waals surface area contributed by atoms with Gasteiger partial charge in [0, 0.05) is 14.1 Å². The molecular weight excluding hydrogens is 356 g/mol. The Labute approximate surface area is 143 Å². The average Bonchev–Trinajstić information content (AvgIpc) is 2.99. The van der Waals surface area contributed by atoms with Crippen LogP contribution in [0, 0.1) is 0 Å². The van der Waals surface area contributed by atoms with Crippen molar-refractivity contribution in [1.82, 2.24) is 18.4 Å². The molecule has 2 aromatic rings. The normalized spacial score (nSPS) is 12.8. The van der Waals surface area contributed by atoms with Gasteiger partial charge < -0.3 is 9.64 Å². The van der Waals surface area contributed by atoms with Gasteiger partial charge in [-0.25, -0.2) is 8.42 Å². The van der Waals surface area contributed by atoms with Crippen molar-refractivity contribution in [3.05, 3.63) is 18.2 Å². The Morgan fingerprint density at radius 1 is 1.33 bits per heavy atom. The van der Waals surface area contributed by atoms with E-state index in [9.17, 15) is 18.0 Å². The molecule has 24 heavy (non-hydrogen) atoms. The highest BCUT2D eigenvalue weighted by Crippen LogP contribution is 2.21. The molecule has 0 unspecified atom stereocenters. The largest absolute Gasteiger partial charge is 0.454 e. The molecule has 1 amide bonds. The Morgan fingerprint density at radius 2 is 2.04 bits per heavy atom. The molecule has 0 saturated carbocycles. The maximum absolute atomic E-state index is 12.4. The number of nitrogens with one attached hydrogen (secondary N) is 1. The van der Waals surface area contributed by atoms with E-state index in [0.717, 1.165) is 11.7 Å². The van der Waals surface area contributed by atoms with Gasteiger partial charge in [-0.2, -0.15) is 13.5 Å². The number of sulfonamides is 1. The SMILES string of the molecule is C[C@@H](NS(=O)(=O)c1cccc2nsnc12)C(=O)OCC(=O)N(C)C. The highest BCUT2D eigenvalue weighted by atomic mass is 32.2. The number of benzene rings is 1. The molecule has 0 aliphatic heterocycles. The van der Waals surface area contributed by atoms with E-state index in [1.807, 2.05) is 0 Å². The van der Waals surface area contributed by atoms with Gasteiger partial charge in [-0.1, -0.05) is 6.07 Å². The summed E-state index contributed by atoms with van der Waals surface area (Å²) in [6, 6.07) is 3.39. The molecule has 2 rings (SSSR count). The Morgan fingerprint density at radius 3 is 2.71 bits per heavy atom. The van der Waals surface area contributed by atoms with Gasteiger partial charge in [0.2, 0.25) is 10.0 Å². The zero-order valence-corrected chi connectivity index (χ0v) is 14.8. The number of rotatable bonds is 6. The van der Waals surface area contributed by atoms with Gasteiger partial charge in [0.25, 0.3) is 5.91 Å². The van der Waals surface area contributed by atoms with Gasteiger partial charge in [-0.15, -0.1) is 0 Å². The average molecular weight is 372 g/mol. The van der Waals surface area contributed by atoms with E-state index in [1.165, 1.54) is 38.1 Å². The molecule has 1 N–H and O–H groups in total. The maximum Gasteiger partial charge on any atom is 0.324 e. The lowest BCUT2D eigenvalue weighted by Gasteiger charge is -2.15.